The van der Waals surface area contributed by atoms with Crippen LogP contribution in [0.1, 0.15) is 207 Å². The van der Waals surface area contributed by atoms with Crippen LogP contribution in [0.3, 0.4) is 0 Å². The van der Waals surface area contributed by atoms with Gasteiger partial charge in [-0.15, -0.1) is 0 Å². The van der Waals surface area contributed by atoms with Crippen molar-refractivity contribution in [2.24, 2.45) is 0 Å². The van der Waals surface area contributed by atoms with Gasteiger partial charge in [0.15, 0.2) is 0 Å². The average Bonchev–Trinajstić information content (AvgIpc) is 3.14. The summed E-state index contributed by atoms with van der Waals surface area (Å²) >= 11 is 0. The van der Waals surface area contributed by atoms with Gasteiger partial charge in [-0.2, -0.15) is 0 Å². The number of amides is 1. The lowest BCUT2D eigenvalue weighted by atomic mass is 10.1. The average molecular weight is 721 g/mol. The molecule has 0 rings (SSSR count). The first-order valence-corrected chi connectivity index (χ1v) is 22.2. The molecule has 0 saturated heterocycles. The molecule has 0 aliphatic carbocycles. The molecule has 2 N–H and O–H groups in total. The van der Waals surface area contributed by atoms with Gasteiger partial charge in [-0.05, 0) is 77.7 Å². The summed E-state index contributed by atoms with van der Waals surface area (Å²) in [6, 6.07) is 0.175. The highest BCUT2D eigenvalue weighted by molar-refractivity contribution is 5.67. The quantitative estimate of drug-likeness (QED) is 0.0486. The van der Waals surface area contributed by atoms with Crippen LogP contribution in [0, 0.1) is 0 Å². The molecule has 0 saturated carbocycles. The summed E-state index contributed by atoms with van der Waals surface area (Å²) in [6.07, 6.45) is 46.4. The summed E-state index contributed by atoms with van der Waals surface area (Å²) in [5, 5.41) is 6.06. The zero-order chi connectivity index (χ0) is 37.1. The van der Waals surface area contributed by atoms with Crippen molar-refractivity contribution in [3.05, 3.63) is 24.3 Å². The van der Waals surface area contributed by atoms with E-state index < -0.39 is 0 Å². The summed E-state index contributed by atoms with van der Waals surface area (Å²) in [5.74, 6) is 0. The molecule has 0 fully saturated rings. The second-order valence-electron chi connectivity index (χ2n) is 14.8. The molecule has 0 radical (unpaired) electrons. The van der Waals surface area contributed by atoms with Gasteiger partial charge in [-0.1, -0.05) is 161 Å². The minimum absolute atomic E-state index is 0.152. The highest BCUT2D eigenvalue weighted by Gasteiger charge is 2.13. The summed E-state index contributed by atoms with van der Waals surface area (Å²) in [6.45, 7) is 9.38. The van der Waals surface area contributed by atoms with Crippen molar-refractivity contribution < 1.29 is 19.0 Å². The minimum Gasteiger partial charge on any atom is -0.448 e. The Morgan fingerprint density at radius 3 is 1.37 bits per heavy atom. The second-order valence-corrected chi connectivity index (χ2v) is 14.8. The van der Waals surface area contributed by atoms with Gasteiger partial charge >= 0.3 is 6.09 Å². The van der Waals surface area contributed by atoms with Gasteiger partial charge in [0.1, 0.15) is 6.61 Å². The number of alkyl carbamates (subject to hydrolysis) is 1. The molecule has 2 atom stereocenters. The van der Waals surface area contributed by atoms with E-state index in [1.54, 1.807) is 0 Å². The largest absolute Gasteiger partial charge is 0.448 e. The highest BCUT2D eigenvalue weighted by atomic mass is 16.6. The fourth-order valence-electron chi connectivity index (χ4n) is 6.26. The number of carbonyl (C=O) groups excluding carboxylic acids is 1. The van der Waals surface area contributed by atoms with Gasteiger partial charge < -0.3 is 24.8 Å². The van der Waals surface area contributed by atoms with Gasteiger partial charge in [0.2, 0.25) is 0 Å². The van der Waals surface area contributed by atoms with E-state index in [1.807, 2.05) is 7.05 Å². The van der Waals surface area contributed by atoms with E-state index in [0.717, 1.165) is 25.9 Å². The van der Waals surface area contributed by atoms with Gasteiger partial charge in [-0.25, -0.2) is 4.79 Å². The first kappa shape index (κ1) is 49.6. The molecule has 51 heavy (non-hydrogen) atoms. The molecule has 1 amide bonds. The van der Waals surface area contributed by atoms with Crippen LogP contribution in [0.5, 0.6) is 0 Å². The molecular formula is C45H88N2O4. The van der Waals surface area contributed by atoms with Crippen molar-refractivity contribution in [1.82, 2.24) is 10.6 Å². The molecule has 6 heteroatoms. The fraction of sp³-hybridized carbons (Fsp3) is 0.889. The Bertz CT molecular complexity index is 740. The van der Waals surface area contributed by atoms with E-state index in [-0.39, 0.29) is 18.2 Å². The maximum absolute atomic E-state index is 12.3. The maximum Gasteiger partial charge on any atom is 0.407 e. The lowest BCUT2D eigenvalue weighted by molar-refractivity contribution is -0.0176. The van der Waals surface area contributed by atoms with Crippen LogP contribution in [0.25, 0.3) is 0 Å². The fourth-order valence-corrected chi connectivity index (χ4v) is 6.26. The predicted octanol–water partition coefficient (Wildman–Crippen LogP) is 13.2. The number of rotatable bonds is 41. The predicted molar refractivity (Wildman–Crippen MR) is 222 cm³/mol. The molecule has 0 aromatic carbocycles. The Hall–Kier alpha value is -1.37. The summed E-state index contributed by atoms with van der Waals surface area (Å²) in [4.78, 5) is 12.3. The summed E-state index contributed by atoms with van der Waals surface area (Å²) < 4.78 is 17.6. The minimum atomic E-state index is -0.386. The Labute approximate surface area is 318 Å². The number of nitrogens with one attached hydrogen (secondary N) is 2. The SMILES string of the molecule is CCCCCCCCC=CCCCCCCCCOCC(CNC(=O)OCC(CC)NC)OCCCCCCCCC=CCCCCCCCC. The van der Waals surface area contributed by atoms with Gasteiger partial charge in [0.25, 0.3) is 0 Å². The third-order valence-corrected chi connectivity index (χ3v) is 9.90. The first-order chi connectivity index (χ1) is 25.2. The Balaban J connectivity index is 4.01. The number of hydrogen-bond acceptors (Lipinski definition) is 5. The Morgan fingerprint density at radius 1 is 0.529 bits per heavy atom. The smallest absolute Gasteiger partial charge is 0.407 e. The number of unbranched alkanes of at least 4 members (excludes halogenated alkanes) is 24. The maximum atomic E-state index is 12.3. The Kier molecular flexibility index (Phi) is 41.9. The highest BCUT2D eigenvalue weighted by Crippen LogP contribution is 2.12. The number of ether oxygens (including phenoxy) is 3. The molecule has 0 aromatic heterocycles. The number of carbonyl (C=O) groups is 1. The van der Waals surface area contributed by atoms with E-state index >= 15 is 0 Å². The van der Waals surface area contributed by atoms with Crippen molar-refractivity contribution in [3.8, 4) is 0 Å². The van der Waals surface area contributed by atoms with Crippen molar-refractivity contribution in [2.45, 2.75) is 219 Å². The molecule has 0 aromatic rings. The van der Waals surface area contributed by atoms with Crippen molar-refractivity contribution in [1.29, 1.82) is 0 Å². The van der Waals surface area contributed by atoms with Crippen LogP contribution >= 0.6 is 0 Å². The number of likely N-dealkylation sites (N-methyl/N-ethyl adjacent to an activating group) is 1. The summed E-state index contributed by atoms with van der Waals surface area (Å²) in [7, 11) is 1.89. The molecule has 0 bridgehead atoms. The standard InChI is InChI=1S/C45H88N2O4/c1-5-8-10-12-14-16-18-20-22-24-26-28-30-32-34-36-38-49-42-44(40-47-45(48)51-41-43(7-3)46-4)50-39-37-35-33-31-29-27-25-23-21-19-17-15-13-11-9-6-2/h20-23,43-44,46H,5-19,24-42H2,1-4H3,(H,47,48). The van der Waals surface area contributed by atoms with Crippen LogP contribution in [0.2, 0.25) is 0 Å². The molecule has 0 aliphatic rings. The van der Waals surface area contributed by atoms with Gasteiger partial charge in [0.05, 0.1) is 12.7 Å². The normalized spacial score (nSPS) is 13.0. The van der Waals surface area contributed by atoms with Crippen molar-refractivity contribution in [3.63, 3.8) is 0 Å². The molecule has 0 aliphatic heterocycles. The second kappa shape index (κ2) is 43.0. The lowest BCUT2D eigenvalue weighted by Crippen LogP contribution is -2.39. The molecule has 0 spiro atoms. The zero-order valence-corrected chi connectivity index (χ0v) is 34.6. The lowest BCUT2D eigenvalue weighted by Gasteiger charge is -2.19. The molecular weight excluding hydrogens is 633 g/mol. The van der Waals surface area contributed by atoms with Crippen molar-refractivity contribution in [2.75, 3.05) is 40.0 Å². The van der Waals surface area contributed by atoms with Crippen LogP contribution in [0.15, 0.2) is 24.3 Å². The van der Waals surface area contributed by atoms with Crippen molar-refractivity contribution >= 4 is 6.09 Å². The third-order valence-electron chi connectivity index (χ3n) is 9.90. The van der Waals surface area contributed by atoms with E-state index in [0.29, 0.717) is 26.4 Å². The molecule has 6 nitrogen and oxygen atoms in total. The van der Waals surface area contributed by atoms with Gasteiger partial charge in [0, 0.05) is 25.8 Å². The van der Waals surface area contributed by atoms with Crippen LogP contribution in [-0.2, 0) is 14.2 Å². The summed E-state index contributed by atoms with van der Waals surface area (Å²) in [5.41, 5.74) is 0. The van der Waals surface area contributed by atoms with Crippen LogP contribution in [0.4, 0.5) is 4.79 Å². The van der Waals surface area contributed by atoms with Gasteiger partial charge in [-0.3, -0.25) is 0 Å². The zero-order valence-electron chi connectivity index (χ0n) is 34.6. The topological polar surface area (TPSA) is 68.8 Å². The van der Waals surface area contributed by atoms with Crippen LogP contribution < -0.4 is 10.6 Å². The van der Waals surface area contributed by atoms with E-state index in [9.17, 15) is 4.79 Å². The van der Waals surface area contributed by atoms with Crippen LogP contribution in [-0.4, -0.2) is 58.3 Å². The third kappa shape index (κ3) is 39.7. The molecule has 2 unspecified atom stereocenters. The molecule has 0 heterocycles. The van der Waals surface area contributed by atoms with E-state index in [2.05, 4.69) is 55.7 Å². The number of hydrogen-bond donors (Lipinski definition) is 2. The monoisotopic (exact) mass is 721 g/mol. The number of allylic oxidation sites excluding steroid dienone is 4. The molecule has 302 valence electrons. The van der Waals surface area contributed by atoms with E-state index in [4.69, 9.17) is 14.2 Å². The first-order valence-electron chi connectivity index (χ1n) is 22.2. The Morgan fingerprint density at radius 2 is 0.941 bits per heavy atom. The van der Waals surface area contributed by atoms with E-state index in [1.165, 1.54) is 167 Å².